The molecule has 5 heteroatoms. The first-order valence-corrected chi connectivity index (χ1v) is 5.74. The highest BCUT2D eigenvalue weighted by Crippen LogP contribution is 2.20. The van der Waals surface area contributed by atoms with Gasteiger partial charge in [-0.25, -0.2) is 0 Å². The number of rotatable bonds is 2. The monoisotopic (exact) mass is 298 g/mol. The van der Waals surface area contributed by atoms with Crippen LogP contribution in [0.5, 0.6) is 0 Å². The Labute approximate surface area is 106 Å². The molecule has 2 aromatic rings. The summed E-state index contributed by atoms with van der Waals surface area (Å²) < 4.78 is 2.34. The predicted molar refractivity (Wildman–Crippen MR) is 65.8 cm³/mol. The fourth-order valence-electron chi connectivity index (χ4n) is 1.43. The van der Waals surface area contributed by atoms with E-state index in [9.17, 15) is 4.79 Å². The zero-order chi connectivity index (χ0) is 11.7. The van der Waals surface area contributed by atoms with Crippen LogP contribution in [0.4, 0.5) is 0 Å². The van der Waals surface area contributed by atoms with Gasteiger partial charge in [0.05, 0.1) is 11.2 Å². The molecule has 0 radical (unpaired) electrons. The predicted octanol–water partition coefficient (Wildman–Crippen LogP) is 3.07. The van der Waals surface area contributed by atoms with Gasteiger partial charge in [-0.05, 0) is 12.1 Å². The van der Waals surface area contributed by atoms with Gasteiger partial charge >= 0.3 is 0 Å². The average molecular weight is 300 g/mol. The van der Waals surface area contributed by atoms with E-state index in [1.54, 1.807) is 19.2 Å². The first-order valence-electron chi connectivity index (χ1n) is 4.57. The van der Waals surface area contributed by atoms with Crippen LogP contribution in [-0.4, -0.2) is 15.6 Å². The standard InChI is InChI=1S/C11H8BrClN2O/c1-15-10(9(13)6-14-15)11(16)7-3-2-4-8(12)5-7/h2-6H,1H3. The quantitative estimate of drug-likeness (QED) is 0.799. The number of halogens is 2. The Morgan fingerprint density at radius 2 is 2.25 bits per heavy atom. The zero-order valence-electron chi connectivity index (χ0n) is 8.45. The molecule has 1 heterocycles. The number of carbonyl (C=O) groups is 1. The Morgan fingerprint density at radius 1 is 1.50 bits per heavy atom. The Kier molecular flexibility index (Phi) is 3.12. The highest BCUT2D eigenvalue weighted by atomic mass is 79.9. The van der Waals surface area contributed by atoms with Crippen LogP contribution in [0, 0.1) is 0 Å². The lowest BCUT2D eigenvalue weighted by atomic mass is 10.1. The van der Waals surface area contributed by atoms with E-state index in [4.69, 9.17) is 11.6 Å². The van der Waals surface area contributed by atoms with Gasteiger partial charge in [0.25, 0.3) is 0 Å². The third-order valence-corrected chi connectivity index (χ3v) is 2.97. The van der Waals surface area contributed by atoms with Crippen LogP contribution in [0.15, 0.2) is 34.9 Å². The second-order valence-corrected chi connectivity index (χ2v) is 4.63. The first kappa shape index (κ1) is 11.4. The SMILES string of the molecule is Cn1ncc(Cl)c1C(=O)c1cccc(Br)c1. The first-order chi connectivity index (χ1) is 7.59. The smallest absolute Gasteiger partial charge is 0.212 e. The molecule has 0 atom stereocenters. The van der Waals surface area contributed by atoms with Gasteiger partial charge in [0.15, 0.2) is 0 Å². The van der Waals surface area contributed by atoms with E-state index >= 15 is 0 Å². The lowest BCUT2D eigenvalue weighted by Gasteiger charge is -2.02. The van der Waals surface area contributed by atoms with Crippen molar-refractivity contribution < 1.29 is 4.79 Å². The van der Waals surface area contributed by atoms with Gasteiger partial charge in [-0.1, -0.05) is 39.7 Å². The summed E-state index contributed by atoms with van der Waals surface area (Å²) in [4.78, 5) is 12.1. The molecular weight excluding hydrogens is 291 g/mol. The second-order valence-electron chi connectivity index (χ2n) is 3.30. The van der Waals surface area contributed by atoms with E-state index in [2.05, 4.69) is 21.0 Å². The molecule has 82 valence electrons. The number of hydrogen-bond acceptors (Lipinski definition) is 2. The lowest BCUT2D eigenvalue weighted by molar-refractivity contribution is 0.103. The molecule has 1 aromatic carbocycles. The molecule has 0 saturated carbocycles. The number of benzene rings is 1. The van der Waals surface area contributed by atoms with Crippen LogP contribution < -0.4 is 0 Å². The van der Waals surface area contributed by atoms with Crippen molar-refractivity contribution in [3.8, 4) is 0 Å². The molecule has 0 aliphatic rings. The van der Waals surface area contributed by atoms with Gasteiger partial charge in [-0.15, -0.1) is 0 Å². The minimum atomic E-state index is -0.133. The van der Waals surface area contributed by atoms with Crippen molar-refractivity contribution in [2.75, 3.05) is 0 Å². The van der Waals surface area contributed by atoms with Gasteiger partial charge in [0, 0.05) is 17.1 Å². The fourth-order valence-corrected chi connectivity index (χ4v) is 2.08. The molecule has 3 nitrogen and oxygen atoms in total. The Hall–Kier alpha value is -1.13. The molecule has 0 aliphatic carbocycles. The molecule has 2 rings (SSSR count). The second kappa shape index (κ2) is 4.39. The van der Waals surface area contributed by atoms with Gasteiger partial charge in [0.1, 0.15) is 5.69 Å². The fraction of sp³-hybridized carbons (Fsp3) is 0.0909. The Morgan fingerprint density at radius 3 is 2.81 bits per heavy atom. The highest BCUT2D eigenvalue weighted by Gasteiger charge is 2.17. The highest BCUT2D eigenvalue weighted by molar-refractivity contribution is 9.10. The maximum Gasteiger partial charge on any atom is 0.212 e. The maximum absolute atomic E-state index is 12.1. The minimum absolute atomic E-state index is 0.133. The minimum Gasteiger partial charge on any atom is -0.287 e. The molecular formula is C11H8BrClN2O. The van der Waals surface area contributed by atoms with Crippen molar-refractivity contribution in [3.05, 3.63) is 51.2 Å². The molecule has 0 saturated heterocycles. The van der Waals surface area contributed by atoms with Crippen LogP contribution in [-0.2, 0) is 7.05 Å². The van der Waals surface area contributed by atoms with Gasteiger partial charge < -0.3 is 0 Å². The van der Waals surface area contributed by atoms with Crippen molar-refractivity contribution in [2.45, 2.75) is 0 Å². The summed E-state index contributed by atoms with van der Waals surface area (Å²) in [5.41, 5.74) is 0.986. The molecule has 0 N–H and O–H groups in total. The van der Waals surface area contributed by atoms with E-state index in [0.29, 0.717) is 16.3 Å². The summed E-state index contributed by atoms with van der Waals surface area (Å²) in [6.45, 7) is 0. The van der Waals surface area contributed by atoms with E-state index in [0.717, 1.165) is 4.47 Å². The van der Waals surface area contributed by atoms with Gasteiger partial charge in [-0.3, -0.25) is 9.48 Å². The molecule has 0 bridgehead atoms. The van der Waals surface area contributed by atoms with E-state index < -0.39 is 0 Å². The Bertz CT molecular complexity index is 531. The van der Waals surface area contributed by atoms with Crippen LogP contribution in [0.1, 0.15) is 16.1 Å². The van der Waals surface area contributed by atoms with Crippen molar-refractivity contribution in [2.24, 2.45) is 7.05 Å². The van der Waals surface area contributed by atoms with Crippen LogP contribution in [0.2, 0.25) is 5.02 Å². The largest absolute Gasteiger partial charge is 0.287 e. The summed E-state index contributed by atoms with van der Waals surface area (Å²) in [6, 6.07) is 7.17. The number of aromatic nitrogens is 2. The number of hydrogen-bond donors (Lipinski definition) is 0. The van der Waals surface area contributed by atoms with Crippen molar-refractivity contribution in [1.82, 2.24) is 9.78 Å². The third kappa shape index (κ3) is 2.03. The molecule has 0 spiro atoms. The average Bonchev–Trinajstić information content (AvgIpc) is 2.58. The summed E-state index contributed by atoms with van der Waals surface area (Å²) in [5, 5.41) is 4.31. The lowest BCUT2D eigenvalue weighted by Crippen LogP contribution is -2.08. The van der Waals surface area contributed by atoms with E-state index in [1.165, 1.54) is 10.9 Å². The van der Waals surface area contributed by atoms with Crippen LogP contribution >= 0.6 is 27.5 Å². The van der Waals surface area contributed by atoms with Gasteiger partial charge in [0.2, 0.25) is 5.78 Å². The van der Waals surface area contributed by atoms with Gasteiger partial charge in [-0.2, -0.15) is 5.10 Å². The molecule has 0 fully saturated rings. The number of carbonyl (C=O) groups excluding carboxylic acids is 1. The summed E-state index contributed by atoms with van der Waals surface area (Å²) in [6.07, 6.45) is 1.47. The van der Waals surface area contributed by atoms with E-state index in [1.807, 2.05) is 12.1 Å². The molecule has 1 aromatic heterocycles. The maximum atomic E-state index is 12.1. The number of ketones is 1. The topological polar surface area (TPSA) is 34.9 Å². The number of nitrogens with zero attached hydrogens (tertiary/aromatic N) is 2. The molecule has 0 unspecified atom stereocenters. The summed E-state index contributed by atoms with van der Waals surface area (Å²) in [5.74, 6) is -0.133. The van der Waals surface area contributed by atoms with Crippen molar-refractivity contribution in [1.29, 1.82) is 0 Å². The molecule has 0 aliphatic heterocycles. The molecule has 0 amide bonds. The van der Waals surface area contributed by atoms with Crippen LogP contribution in [0.25, 0.3) is 0 Å². The van der Waals surface area contributed by atoms with Crippen molar-refractivity contribution in [3.63, 3.8) is 0 Å². The Balaban J connectivity index is 2.47. The normalized spacial score (nSPS) is 10.4. The number of aryl methyl sites for hydroxylation is 1. The third-order valence-electron chi connectivity index (χ3n) is 2.20. The zero-order valence-corrected chi connectivity index (χ0v) is 10.8. The van der Waals surface area contributed by atoms with E-state index in [-0.39, 0.29) is 5.78 Å². The molecule has 16 heavy (non-hydrogen) atoms. The van der Waals surface area contributed by atoms with Crippen LogP contribution in [0.3, 0.4) is 0 Å². The summed E-state index contributed by atoms with van der Waals surface area (Å²) >= 11 is 9.24. The van der Waals surface area contributed by atoms with Crippen molar-refractivity contribution >= 4 is 33.3 Å². The summed E-state index contributed by atoms with van der Waals surface area (Å²) in [7, 11) is 1.69.